The van der Waals surface area contributed by atoms with Crippen molar-refractivity contribution in [1.29, 1.82) is 0 Å². The Balaban J connectivity index is 2.45. The second-order valence-electron chi connectivity index (χ2n) is 4.31. The molecule has 0 aromatic rings. The summed E-state index contributed by atoms with van der Waals surface area (Å²) in [5, 5.41) is 0. The summed E-state index contributed by atoms with van der Waals surface area (Å²) in [6, 6.07) is 0. The maximum Gasteiger partial charge on any atom is -0.0201 e. The molecule has 0 nitrogen and oxygen atoms in total. The molecular formula is C12H22. The molecule has 0 aromatic carbocycles. The molecule has 4 atom stereocenters. The van der Waals surface area contributed by atoms with Crippen LogP contribution in [-0.2, 0) is 0 Å². The van der Waals surface area contributed by atoms with Crippen molar-refractivity contribution >= 4 is 0 Å². The van der Waals surface area contributed by atoms with Crippen LogP contribution in [0.1, 0.15) is 40.5 Å². The fourth-order valence-corrected chi connectivity index (χ4v) is 2.64. The van der Waals surface area contributed by atoms with Crippen molar-refractivity contribution in [1.82, 2.24) is 0 Å². The zero-order valence-corrected chi connectivity index (χ0v) is 8.93. The standard InChI is InChI=1S/C12H22/c1-6-8(3)9(4)12-10(5)11(12)7-2/h9-12H,3,6-7H2,1-2,4-5H3. The van der Waals surface area contributed by atoms with E-state index in [-0.39, 0.29) is 0 Å². The molecule has 1 rings (SSSR count). The van der Waals surface area contributed by atoms with Gasteiger partial charge in [0.1, 0.15) is 0 Å². The molecular weight excluding hydrogens is 144 g/mol. The van der Waals surface area contributed by atoms with E-state index in [1.165, 1.54) is 12.0 Å². The van der Waals surface area contributed by atoms with Crippen LogP contribution in [0, 0.1) is 23.7 Å². The zero-order valence-electron chi connectivity index (χ0n) is 8.93. The molecule has 1 fully saturated rings. The van der Waals surface area contributed by atoms with Crippen LogP contribution in [0.15, 0.2) is 12.2 Å². The Labute approximate surface area is 77.1 Å². The Kier molecular flexibility index (Phi) is 2.98. The topological polar surface area (TPSA) is 0 Å². The first-order valence-corrected chi connectivity index (χ1v) is 5.31. The molecule has 1 saturated carbocycles. The SMILES string of the molecule is C=C(CC)C(C)C1C(C)C1CC. The predicted octanol–water partition coefficient (Wildman–Crippen LogP) is 3.88. The van der Waals surface area contributed by atoms with Gasteiger partial charge < -0.3 is 0 Å². The molecule has 0 aliphatic heterocycles. The van der Waals surface area contributed by atoms with E-state index in [2.05, 4.69) is 34.3 Å². The predicted molar refractivity (Wildman–Crippen MR) is 55.0 cm³/mol. The van der Waals surface area contributed by atoms with Crippen LogP contribution < -0.4 is 0 Å². The molecule has 12 heavy (non-hydrogen) atoms. The summed E-state index contributed by atoms with van der Waals surface area (Å²) >= 11 is 0. The molecule has 0 aromatic heterocycles. The third-order valence-electron chi connectivity index (χ3n) is 3.78. The minimum absolute atomic E-state index is 0.759. The van der Waals surface area contributed by atoms with Gasteiger partial charge in [-0.15, -0.1) is 0 Å². The molecule has 0 amide bonds. The fourth-order valence-electron chi connectivity index (χ4n) is 2.64. The first kappa shape index (κ1) is 9.83. The van der Waals surface area contributed by atoms with E-state index in [1.807, 2.05) is 0 Å². The average molecular weight is 166 g/mol. The summed E-state index contributed by atoms with van der Waals surface area (Å²) in [5.41, 5.74) is 1.45. The van der Waals surface area contributed by atoms with Crippen molar-refractivity contribution in [3.05, 3.63) is 12.2 Å². The highest BCUT2D eigenvalue weighted by atomic mass is 14.5. The van der Waals surface area contributed by atoms with E-state index in [9.17, 15) is 0 Å². The van der Waals surface area contributed by atoms with Gasteiger partial charge in [-0.3, -0.25) is 0 Å². The molecule has 0 N–H and O–H groups in total. The van der Waals surface area contributed by atoms with Gasteiger partial charge in [0.25, 0.3) is 0 Å². The molecule has 4 unspecified atom stereocenters. The van der Waals surface area contributed by atoms with Gasteiger partial charge in [0.2, 0.25) is 0 Å². The molecule has 0 radical (unpaired) electrons. The van der Waals surface area contributed by atoms with Crippen LogP contribution >= 0.6 is 0 Å². The lowest BCUT2D eigenvalue weighted by atomic mass is 9.93. The van der Waals surface area contributed by atoms with Crippen molar-refractivity contribution in [2.45, 2.75) is 40.5 Å². The van der Waals surface area contributed by atoms with E-state index < -0.39 is 0 Å². The summed E-state index contributed by atoms with van der Waals surface area (Å²) in [7, 11) is 0. The van der Waals surface area contributed by atoms with Gasteiger partial charge in [0.15, 0.2) is 0 Å². The van der Waals surface area contributed by atoms with Gasteiger partial charge in [-0.2, -0.15) is 0 Å². The van der Waals surface area contributed by atoms with Crippen LogP contribution in [0.25, 0.3) is 0 Å². The lowest BCUT2D eigenvalue weighted by Gasteiger charge is -2.12. The summed E-state index contributed by atoms with van der Waals surface area (Å²) < 4.78 is 0. The van der Waals surface area contributed by atoms with E-state index in [1.54, 1.807) is 0 Å². The summed E-state index contributed by atoms with van der Waals surface area (Å²) in [6.45, 7) is 13.4. The Morgan fingerprint density at radius 1 is 1.42 bits per heavy atom. The molecule has 1 aliphatic rings. The highest BCUT2D eigenvalue weighted by Gasteiger charge is 2.48. The zero-order chi connectivity index (χ0) is 9.30. The summed E-state index contributed by atoms with van der Waals surface area (Å²) in [4.78, 5) is 0. The van der Waals surface area contributed by atoms with E-state index in [4.69, 9.17) is 0 Å². The largest absolute Gasteiger partial charge is 0.0996 e. The smallest absolute Gasteiger partial charge is 0.0201 e. The molecule has 70 valence electrons. The van der Waals surface area contributed by atoms with Crippen molar-refractivity contribution in [3.63, 3.8) is 0 Å². The number of hydrogen-bond acceptors (Lipinski definition) is 0. The van der Waals surface area contributed by atoms with Crippen molar-refractivity contribution in [3.8, 4) is 0 Å². The quantitative estimate of drug-likeness (QED) is 0.556. The first-order chi connectivity index (χ1) is 5.63. The molecule has 0 saturated heterocycles. The van der Waals surface area contributed by atoms with E-state index in [0.29, 0.717) is 0 Å². The summed E-state index contributed by atoms with van der Waals surface area (Å²) in [5.74, 6) is 3.65. The Morgan fingerprint density at radius 3 is 2.33 bits per heavy atom. The minimum Gasteiger partial charge on any atom is -0.0996 e. The molecule has 1 aliphatic carbocycles. The molecule has 0 bridgehead atoms. The molecule has 0 heteroatoms. The van der Waals surface area contributed by atoms with Gasteiger partial charge in [-0.1, -0.05) is 46.3 Å². The maximum absolute atomic E-state index is 4.14. The Hall–Kier alpha value is -0.260. The summed E-state index contributed by atoms with van der Waals surface area (Å²) in [6.07, 6.45) is 2.51. The van der Waals surface area contributed by atoms with Crippen molar-refractivity contribution in [2.75, 3.05) is 0 Å². The van der Waals surface area contributed by atoms with Crippen LogP contribution in [0.2, 0.25) is 0 Å². The monoisotopic (exact) mass is 166 g/mol. The van der Waals surface area contributed by atoms with Gasteiger partial charge in [0, 0.05) is 0 Å². The van der Waals surface area contributed by atoms with Crippen LogP contribution in [0.5, 0.6) is 0 Å². The molecule has 0 spiro atoms. The second-order valence-corrected chi connectivity index (χ2v) is 4.31. The fraction of sp³-hybridized carbons (Fsp3) is 0.833. The van der Waals surface area contributed by atoms with Crippen LogP contribution in [-0.4, -0.2) is 0 Å². The van der Waals surface area contributed by atoms with Gasteiger partial charge in [-0.25, -0.2) is 0 Å². The second kappa shape index (κ2) is 3.64. The third-order valence-corrected chi connectivity index (χ3v) is 3.78. The minimum atomic E-state index is 0.759. The Morgan fingerprint density at radius 2 is 2.00 bits per heavy atom. The lowest BCUT2D eigenvalue weighted by molar-refractivity contribution is 0.516. The van der Waals surface area contributed by atoms with Crippen molar-refractivity contribution in [2.24, 2.45) is 23.7 Å². The Bertz CT molecular complexity index is 169. The lowest BCUT2D eigenvalue weighted by Crippen LogP contribution is -2.02. The number of rotatable bonds is 4. The van der Waals surface area contributed by atoms with Gasteiger partial charge in [0.05, 0.1) is 0 Å². The maximum atomic E-state index is 4.14. The van der Waals surface area contributed by atoms with Gasteiger partial charge >= 0.3 is 0 Å². The van der Waals surface area contributed by atoms with Crippen LogP contribution in [0.3, 0.4) is 0 Å². The van der Waals surface area contributed by atoms with E-state index in [0.717, 1.165) is 30.1 Å². The number of allylic oxidation sites excluding steroid dienone is 1. The highest BCUT2D eigenvalue weighted by Crippen LogP contribution is 2.54. The van der Waals surface area contributed by atoms with Crippen molar-refractivity contribution < 1.29 is 0 Å². The average Bonchev–Trinajstić information content (AvgIpc) is 2.73. The van der Waals surface area contributed by atoms with Gasteiger partial charge in [-0.05, 0) is 30.1 Å². The molecule has 0 heterocycles. The number of hydrogen-bond donors (Lipinski definition) is 0. The first-order valence-electron chi connectivity index (χ1n) is 5.31. The normalized spacial score (nSPS) is 36.2. The highest BCUT2D eigenvalue weighted by molar-refractivity contribution is 5.08. The van der Waals surface area contributed by atoms with E-state index >= 15 is 0 Å². The van der Waals surface area contributed by atoms with Crippen LogP contribution in [0.4, 0.5) is 0 Å². The third kappa shape index (κ3) is 1.57.